The summed E-state index contributed by atoms with van der Waals surface area (Å²) in [5, 5.41) is 4.46. The van der Waals surface area contributed by atoms with Gasteiger partial charge in [-0.05, 0) is 43.7 Å². The van der Waals surface area contributed by atoms with Crippen molar-refractivity contribution in [3.05, 3.63) is 53.6 Å². The van der Waals surface area contributed by atoms with E-state index >= 15 is 0 Å². The molecule has 114 valence electrons. The molecule has 1 aromatic carbocycles. The van der Waals surface area contributed by atoms with Crippen molar-refractivity contribution in [2.24, 2.45) is 7.05 Å². The highest BCUT2D eigenvalue weighted by atomic mass is 19.1. The fraction of sp³-hybridized carbons (Fsp3) is 0.235. The number of benzene rings is 1. The first kappa shape index (κ1) is 14.4. The van der Waals surface area contributed by atoms with Gasteiger partial charge in [0.25, 0.3) is 0 Å². The van der Waals surface area contributed by atoms with Gasteiger partial charge in [-0.15, -0.1) is 0 Å². The predicted octanol–water partition coefficient (Wildman–Crippen LogP) is 3.64. The number of ether oxygens (including phenoxy) is 1. The van der Waals surface area contributed by atoms with E-state index < -0.39 is 0 Å². The Balaban J connectivity index is 2.21. The molecule has 22 heavy (non-hydrogen) atoms. The molecular weight excluding hydrogens is 281 g/mol. The van der Waals surface area contributed by atoms with E-state index in [4.69, 9.17) is 4.74 Å². The summed E-state index contributed by atoms with van der Waals surface area (Å²) in [5.74, 6) is 0.122. The van der Waals surface area contributed by atoms with Crippen LogP contribution in [0.15, 0.2) is 36.5 Å². The van der Waals surface area contributed by atoms with E-state index in [1.54, 1.807) is 16.8 Å². The highest BCUT2D eigenvalue weighted by Gasteiger charge is 2.17. The first-order chi connectivity index (χ1) is 10.5. The lowest BCUT2D eigenvalue weighted by Crippen LogP contribution is -2.05. The molecule has 0 amide bonds. The fourth-order valence-corrected chi connectivity index (χ4v) is 2.68. The molecule has 0 aliphatic rings. The normalized spacial score (nSPS) is 11.0. The fourth-order valence-electron chi connectivity index (χ4n) is 2.68. The molecule has 0 saturated heterocycles. The number of methoxy groups -OCH3 is 1. The summed E-state index contributed by atoms with van der Waals surface area (Å²) in [5.41, 5.74) is 4.26. The maximum atomic E-state index is 14.4. The summed E-state index contributed by atoms with van der Waals surface area (Å²) < 4.78 is 23.1. The van der Waals surface area contributed by atoms with Crippen molar-refractivity contribution < 1.29 is 9.13 Å². The van der Waals surface area contributed by atoms with E-state index in [1.165, 1.54) is 13.2 Å². The molecule has 0 saturated carbocycles. The Hall–Kier alpha value is -2.56. The van der Waals surface area contributed by atoms with Crippen molar-refractivity contribution in [1.82, 2.24) is 14.3 Å². The lowest BCUT2D eigenvalue weighted by atomic mass is 10.2. The van der Waals surface area contributed by atoms with Crippen LogP contribution < -0.4 is 4.74 Å². The third kappa shape index (κ3) is 2.28. The summed E-state index contributed by atoms with van der Waals surface area (Å²) in [6.45, 7) is 3.94. The summed E-state index contributed by atoms with van der Waals surface area (Å²) >= 11 is 0. The van der Waals surface area contributed by atoms with E-state index in [0.29, 0.717) is 11.4 Å². The quantitative estimate of drug-likeness (QED) is 0.739. The zero-order valence-corrected chi connectivity index (χ0v) is 13.1. The monoisotopic (exact) mass is 299 g/mol. The van der Waals surface area contributed by atoms with Gasteiger partial charge >= 0.3 is 0 Å². The smallest absolute Gasteiger partial charge is 0.152 e. The Kier molecular flexibility index (Phi) is 3.48. The Labute approximate surface area is 128 Å². The molecular formula is C17H18FN3O. The first-order valence-corrected chi connectivity index (χ1v) is 7.04. The molecule has 0 radical (unpaired) electrons. The van der Waals surface area contributed by atoms with Crippen LogP contribution in [0.25, 0.3) is 17.1 Å². The van der Waals surface area contributed by atoms with E-state index in [9.17, 15) is 4.39 Å². The third-order valence-electron chi connectivity index (χ3n) is 3.73. The number of aromatic nitrogens is 3. The summed E-state index contributed by atoms with van der Waals surface area (Å²) in [4.78, 5) is 0. The second-order valence-electron chi connectivity index (χ2n) is 5.36. The highest BCUT2D eigenvalue weighted by molar-refractivity contribution is 5.63. The minimum absolute atomic E-state index is 0.365. The minimum Gasteiger partial charge on any atom is -0.497 e. The van der Waals surface area contributed by atoms with Crippen molar-refractivity contribution in [2.45, 2.75) is 13.8 Å². The summed E-state index contributed by atoms with van der Waals surface area (Å²) in [6, 6.07) is 8.78. The van der Waals surface area contributed by atoms with E-state index in [0.717, 1.165) is 22.6 Å². The average Bonchev–Trinajstić information content (AvgIpc) is 3.01. The molecule has 3 aromatic rings. The molecule has 0 aliphatic heterocycles. The van der Waals surface area contributed by atoms with Crippen molar-refractivity contribution in [1.29, 1.82) is 0 Å². The van der Waals surface area contributed by atoms with Crippen LogP contribution >= 0.6 is 0 Å². The van der Waals surface area contributed by atoms with Gasteiger partial charge in [0.05, 0.1) is 24.2 Å². The van der Waals surface area contributed by atoms with Gasteiger partial charge in [0.1, 0.15) is 11.4 Å². The van der Waals surface area contributed by atoms with E-state index in [1.807, 2.05) is 43.8 Å². The molecule has 0 bridgehead atoms. The van der Waals surface area contributed by atoms with Crippen LogP contribution in [0, 0.1) is 19.7 Å². The maximum absolute atomic E-state index is 14.4. The molecule has 2 heterocycles. The van der Waals surface area contributed by atoms with Gasteiger partial charge in [-0.1, -0.05) is 0 Å². The van der Waals surface area contributed by atoms with Crippen LogP contribution in [0.1, 0.15) is 11.3 Å². The number of rotatable bonds is 3. The van der Waals surface area contributed by atoms with Crippen molar-refractivity contribution in [2.75, 3.05) is 7.11 Å². The number of nitrogens with zero attached hydrogens (tertiary/aromatic N) is 3. The Bertz CT molecular complexity index is 813. The van der Waals surface area contributed by atoms with Crippen molar-refractivity contribution in [3.63, 3.8) is 0 Å². The maximum Gasteiger partial charge on any atom is 0.152 e. The van der Waals surface area contributed by atoms with E-state index in [2.05, 4.69) is 5.10 Å². The highest BCUT2D eigenvalue weighted by Crippen LogP contribution is 2.29. The van der Waals surface area contributed by atoms with Crippen LogP contribution in [0.3, 0.4) is 0 Å². The van der Waals surface area contributed by atoms with Crippen LogP contribution in [0.2, 0.25) is 0 Å². The van der Waals surface area contributed by atoms with Crippen molar-refractivity contribution in [3.8, 4) is 22.8 Å². The molecule has 0 spiro atoms. The molecule has 0 unspecified atom stereocenters. The third-order valence-corrected chi connectivity index (χ3v) is 3.73. The topological polar surface area (TPSA) is 32.0 Å². The predicted molar refractivity (Wildman–Crippen MR) is 84.0 cm³/mol. The van der Waals surface area contributed by atoms with Crippen LogP contribution in [-0.4, -0.2) is 21.5 Å². The van der Waals surface area contributed by atoms with Gasteiger partial charge in [0.2, 0.25) is 0 Å². The molecule has 0 fully saturated rings. The standard InChI is InChI=1S/C17H18FN3O/c1-11-7-8-20(3)17(11)16-9-12(2)19-21(16)15-6-5-13(22-4)10-14(15)18/h5-10H,1-4H3. The van der Waals surface area contributed by atoms with Gasteiger partial charge in [0.15, 0.2) is 5.82 Å². The summed E-state index contributed by atoms with van der Waals surface area (Å²) in [7, 11) is 3.49. The van der Waals surface area contributed by atoms with E-state index in [-0.39, 0.29) is 5.82 Å². The molecule has 5 heteroatoms. The molecule has 0 atom stereocenters. The SMILES string of the molecule is COc1ccc(-n2nc(C)cc2-c2c(C)ccn2C)c(F)c1. The Morgan fingerprint density at radius 1 is 1.14 bits per heavy atom. The second-order valence-corrected chi connectivity index (χ2v) is 5.36. The van der Waals surface area contributed by atoms with Gasteiger partial charge in [-0.2, -0.15) is 5.10 Å². The van der Waals surface area contributed by atoms with Crippen LogP contribution in [0.5, 0.6) is 5.75 Å². The van der Waals surface area contributed by atoms with Crippen LogP contribution in [0.4, 0.5) is 4.39 Å². The van der Waals surface area contributed by atoms with Gasteiger partial charge in [-0.25, -0.2) is 9.07 Å². The summed E-state index contributed by atoms with van der Waals surface area (Å²) in [6.07, 6.45) is 1.99. The molecule has 0 aliphatic carbocycles. The van der Waals surface area contributed by atoms with Gasteiger partial charge in [-0.3, -0.25) is 0 Å². The van der Waals surface area contributed by atoms with Crippen molar-refractivity contribution >= 4 is 0 Å². The number of hydrogen-bond acceptors (Lipinski definition) is 2. The first-order valence-electron chi connectivity index (χ1n) is 7.04. The van der Waals surface area contributed by atoms with Gasteiger partial charge < -0.3 is 9.30 Å². The van der Waals surface area contributed by atoms with Gasteiger partial charge in [0, 0.05) is 19.3 Å². The minimum atomic E-state index is -0.365. The Morgan fingerprint density at radius 2 is 1.91 bits per heavy atom. The number of hydrogen-bond donors (Lipinski definition) is 0. The Morgan fingerprint density at radius 3 is 2.50 bits per heavy atom. The second kappa shape index (κ2) is 5.33. The average molecular weight is 299 g/mol. The molecule has 4 nitrogen and oxygen atoms in total. The molecule has 2 aromatic heterocycles. The zero-order valence-electron chi connectivity index (χ0n) is 13.1. The number of aryl methyl sites for hydroxylation is 3. The lowest BCUT2D eigenvalue weighted by Gasteiger charge is -2.11. The number of halogens is 1. The lowest BCUT2D eigenvalue weighted by molar-refractivity contribution is 0.411. The largest absolute Gasteiger partial charge is 0.497 e. The molecule has 0 N–H and O–H groups in total. The van der Waals surface area contributed by atoms with Crippen LogP contribution in [-0.2, 0) is 7.05 Å². The zero-order chi connectivity index (χ0) is 15.9. The molecule has 3 rings (SSSR count).